The fourth-order valence-corrected chi connectivity index (χ4v) is 6.35. The number of alkyl halides is 6. The minimum absolute atomic E-state index is 0.0214. The standard InChI is InChI=1S/C32H37F7N8O3Si/c1-20(43-25-16-42-47(19-50-11-12-51(2,3)4)29(49)27(25)32(37,38)39)17-46-18-24(23-6-5-22(33)13-26(23)46)28(48)44-7-9-45(10-8-44)30-40-14-21(15-41-30)31(34,35)36/h5-6,13-16,18,20,43H,7-12,17,19H2,1-4H3. The molecule has 0 saturated carbocycles. The Labute approximate surface area is 289 Å². The summed E-state index contributed by atoms with van der Waals surface area (Å²) >= 11 is 0. The molecule has 1 aliphatic heterocycles. The number of rotatable bonds is 11. The van der Waals surface area contributed by atoms with Gasteiger partial charge >= 0.3 is 12.4 Å². The number of anilines is 2. The summed E-state index contributed by atoms with van der Waals surface area (Å²) in [6.07, 6.45) is -5.77. The highest BCUT2D eigenvalue weighted by molar-refractivity contribution is 6.76. The molecule has 1 saturated heterocycles. The zero-order valence-electron chi connectivity index (χ0n) is 28.3. The summed E-state index contributed by atoms with van der Waals surface area (Å²) in [5.41, 5.74) is -3.75. The highest BCUT2D eigenvalue weighted by Crippen LogP contribution is 2.33. The third-order valence-electron chi connectivity index (χ3n) is 8.30. The minimum Gasteiger partial charge on any atom is -0.379 e. The topological polar surface area (TPSA) is 110 Å². The van der Waals surface area contributed by atoms with Crippen molar-refractivity contribution in [2.75, 3.05) is 43.0 Å². The first-order valence-electron chi connectivity index (χ1n) is 16.1. The van der Waals surface area contributed by atoms with Crippen LogP contribution in [0.5, 0.6) is 0 Å². The van der Waals surface area contributed by atoms with Crippen LogP contribution in [0.15, 0.2) is 47.8 Å². The Morgan fingerprint density at radius 1 is 1.00 bits per heavy atom. The molecule has 1 fully saturated rings. The van der Waals surface area contributed by atoms with Crippen LogP contribution in [-0.2, 0) is 30.4 Å². The van der Waals surface area contributed by atoms with Gasteiger partial charge in [-0.2, -0.15) is 31.4 Å². The van der Waals surface area contributed by atoms with Gasteiger partial charge in [0.05, 0.1) is 28.5 Å². The predicted octanol–water partition coefficient (Wildman–Crippen LogP) is 5.94. The maximum absolute atomic E-state index is 14.4. The number of hydrogen-bond donors (Lipinski definition) is 1. The molecule has 0 spiro atoms. The fraction of sp³-hybridized carbons (Fsp3) is 0.469. The molecule has 1 amide bonds. The third-order valence-corrected chi connectivity index (χ3v) is 10.0. The molecule has 1 atom stereocenters. The van der Waals surface area contributed by atoms with E-state index in [4.69, 9.17) is 4.74 Å². The number of fused-ring (bicyclic) bond motifs is 1. The molecule has 19 heteroatoms. The second-order valence-corrected chi connectivity index (χ2v) is 19.2. The van der Waals surface area contributed by atoms with Gasteiger partial charge in [0.25, 0.3) is 11.5 Å². The van der Waals surface area contributed by atoms with E-state index >= 15 is 0 Å². The number of hydrogen-bond acceptors (Lipinski definition) is 8. The van der Waals surface area contributed by atoms with E-state index in [1.54, 1.807) is 16.4 Å². The lowest BCUT2D eigenvalue weighted by Crippen LogP contribution is -2.49. The SMILES string of the molecule is CC(Cn1cc(C(=O)N2CCN(c3ncc(C(F)(F)F)cn3)CC2)c2ccc(F)cc21)Nc1cnn(COCC[Si](C)(C)C)c(=O)c1C(F)(F)F. The van der Waals surface area contributed by atoms with Gasteiger partial charge in [-0.05, 0) is 31.2 Å². The van der Waals surface area contributed by atoms with Crippen molar-refractivity contribution in [3.05, 3.63) is 75.8 Å². The number of nitrogens with one attached hydrogen (secondary N) is 1. The maximum Gasteiger partial charge on any atom is 0.423 e. The van der Waals surface area contributed by atoms with Crippen molar-refractivity contribution in [3.8, 4) is 0 Å². The van der Waals surface area contributed by atoms with E-state index in [0.717, 1.165) is 12.2 Å². The van der Waals surface area contributed by atoms with Crippen LogP contribution in [0, 0.1) is 5.82 Å². The van der Waals surface area contributed by atoms with Gasteiger partial charge in [-0.15, -0.1) is 0 Å². The van der Waals surface area contributed by atoms with Crippen LogP contribution >= 0.6 is 0 Å². The van der Waals surface area contributed by atoms with Gasteiger partial charge < -0.3 is 24.4 Å². The van der Waals surface area contributed by atoms with E-state index < -0.39 is 67.3 Å². The molecule has 1 aromatic carbocycles. The van der Waals surface area contributed by atoms with Crippen LogP contribution in [0.4, 0.5) is 42.4 Å². The summed E-state index contributed by atoms with van der Waals surface area (Å²) < 4.78 is 103. The molecule has 4 aromatic rings. The van der Waals surface area contributed by atoms with Crippen molar-refractivity contribution in [1.29, 1.82) is 0 Å². The zero-order chi connectivity index (χ0) is 37.3. The number of carbonyl (C=O) groups excluding carboxylic acids is 1. The van der Waals surface area contributed by atoms with Gasteiger partial charge in [-0.3, -0.25) is 9.59 Å². The van der Waals surface area contributed by atoms with Crippen LogP contribution < -0.4 is 15.8 Å². The number of nitrogens with zero attached hydrogens (tertiary/aromatic N) is 7. The monoisotopic (exact) mass is 742 g/mol. The van der Waals surface area contributed by atoms with Gasteiger partial charge in [0.2, 0.25) is 5.95 Å². The zero-order valence-corrected chi connectivity index (χ0v) is 29.3. The molecular formula is C32H37F7N8O3Si. The van der Waals surface area contributed by atoms with E-state index in [-0.39, 0.29) is 50.8 Å². The predicted molar refractivity (Wildman–Crippen MR) is 178 cm³/mol. The maximum atomic E-state index is 14.4. The molecule has 276 valence electrons. The van der Waals surface area contributed by atoms with E-state index in [1.165, 1.54) is 29.3 Å². The van der Waals surface area contributed by atoms with Gasteiger partial charge in [-0.1, -0.05) is 19.6 Å². The molecular weight excluding hydrogens is 705 g/mol. The van der Waals surface area contributed by atoms with Gasteiger partial charge in [0.15, 0.2) is 0 Å². The number of amides is 1. The smallest absolute Gasteiger partial charge is 0.379 e. The van der Waals surface area contributed by atoms with E-state index in [2.05, 4.69) is 40.0 Å². The average molecular weight is 743 g/mol. The first-order valence-corrected chi connectivity index (χ1v) is 19.8. The Balaban J connectivity index is 1.30. The Bertz CT molecular complexity index is 1920. The van der Waals surface area contributed by atoms with Gasteiger partial charge in [0.1, 0.15) is 18.1 Å². The molecule has 0 bridgehead atoms. The van der Waals surface area contributed by atoms with Gasteiger partial charge in [-0.25, -0.2) is 19.0 Å². The summed E-state index contributed by atoms with van der Waals surface area (Å²) in [7, 11) is -1.46. The number of aromatic nitrogens is 5. The van der Waals surface area contributed by atoms with Crippen molar-refractivity contribution in [3.63, 3.8) is 0 Å². The van der Waals surface area contributed by atoms with Crippen LogP contribution in [0.1, 0.15) is 28.4 Å². The van der Waals surface area contributed by atoms with Crippen LogP contribution in [0.25, 0.3) is 10.9 Å². The van der Waals surface area contributed by atoms with Crippen molar-refractivity contribution >= 4 is 36.5 Å². The molecule has 11 nitrogen and oxygen atoms in total. The Morgan fingerprint density at radius 3 is 2.27 bits per heavy atom. The average Bonchev–Trinajstić information content (AvgIpc) is 3.39. The lowest BCUT2D eigenvalue weighted by Gasteiger charge is -2.34. The van der Waals surface area contributed by atoms with Crippen molar-refractivity contribution < 1.29 is 40.3 Å². The highest BCUT2D eigenvalue weighted by Gasteiger charge is 2.39. The van der Waals surface area contributed by atoms with Crippen molar-refractivity contribution in [1.82, 2.24) is 29.2 Å². The number of ether oxygens (including phenoxy) is 1. The van der Waals surface area contributed by atoms with Crippen LogP contribution in [0.2, 0.25) is 25.7 Å². The van der Waals surface area contributed by atoms with E-state index in [1.807, 2.05) is 0 Å². The summed E-state index contributed by atoms with van der Waals surface area (Å²) in [5, 5.41) is 7.02. The lowest BCUT2D eigenvalue weighted by atomic mass is 10.1. The normalized spacial score (nSPS) is 15.0. The fourth-order valence-electron chi connectivity index (χ4n) is 5.60. The molecule has 1 aliphatic rings. The molecule has 5 rings (SSSR count). The molecule has 51 heavy (non-hydrogen) atoms. The summed E-state index contributed by atoms with van der Waals surface area (Å²) in [5.74, 6) is -0.889. The summed E-state index contributed by atoms with van der Waals surface area (Å²) in [4.78, 5) is 37.4. The molecule has 1 unspecified atom stereocenters. The van der Waals surface area contributed by atoms with E-state index in [0.29, 0.717) is 28.0 Å². The number of carbonyl (C=O) groups is 1. The third kappa shape index (κ3) is 9.05. The van der Waals surface area contributed by atoms with Crippen LogP contribution in [-0.4, -0.2) is 82.0 Å². The number of piperazine rings is 1. The molecule has 3 aromatic heterocycles. The first kappa shape index (κ1) is 37.7. The minimum atomic E-state index is -5.01. The van der Waals surface area contributed by atoms with Crippen molar-refractivity contribution in [2.45, 2.75) is 64.3 Å². The second kappa shape index (κ2) is 14.6. The summed E-state index contributed by atoms with van der Waals surface area (Å²) in [6, 6.07) is 3.84. The van der Waals surface area contributed by atoms with Crippen molar-refractivity contribution in [2.24, 2.45) is 0 Å². The number of halogens is 7. The van der Waals surface area contributed by atoms with E-state index in [9.17, 15) is 40.3 Å². The Morgan fingerprint density at radius 2 is 1.67 bits per heavy atom. The summed E-state index contributed by atoms with van der Waals surface area (Å²) in [6.45, 7) is 8.61. The highest BCUT2D eigenvalue weighted by atomic mass is 28.3. The Hall–Kier alpha value is -4.52. The molecule has 0 radical (unpaired) electrons. The van der Waals surface area contributed by atoms with Crippen LogP contribution in [0.3, 0.4) is 0 Å². The largest absolute Gasteiger partial charge is 0.423 e. The molecule has 1 N–H and O–H groups in total. The molecule has 4 heterocycles. The number of benzene rings is 1. The Kier molecular flexibility index (Phi) is 10.8. The lowest BCUT2D eigenvalue weighted by molar-refractivity contribution is -0.139. The molecule has 0 aliphatic carbocycles. The first-order chi connectivity index (χ1) is 23.8. The van der Waals surface area contributed by atoms with Gasteiger partial charge in [0, 0.05) is 77.4 Å². The quantitative estimate of drug-likeness (QED) is 0.114. The second-order valence-electron chi connectivity index (χ2n) is 13.5.